The Morgan fingerprint density at radius 3 is 1.32 bits per heavy atom. The summed E-state index contributed by atoms with van der Waals surface area (Å²) in [6.07, 6.45) is 0. The SMILES string of the molecule is CC(C)[NH2+]c1ccc([N+](C(C)C)(C(C)C)C(C)C)cc1.[Cl-].[Cl-]. The van der Waals surface area contributed by atoms with E-state index in [1.165, 1.54) is 11.4 Å². The molecule has 0 spiro atoms. The highest BCUT2D eigenvalue weighted by Gasteiger charge is 2.40. The van der Waals surface area contributed by atoms with Gasteiger partial charge in [0.1, 0.15) is 11.4 Å². The summed E-state index contributed by atoms with van der Waals surface area (Å²) >= 11 is 0. The second-order valence-corrected chi connectivity index (χ2v) is 7.12. The van der Waals surface area contributed by atoms with Crippen molar-refractivity contribution in [2.45, 2.75) is 79.6 Å². The quantitative estimate of drug-likeness (QED) is 0.445. The standard InChI is InChI=1S/C18H33N2.2ClH/c1-13(2)19-17-9-11-18(12-10-17)20(14(3)4,15(5)6)16(7)8;;/h9-16,19H,1-8H3;2*1H/q+1;;/p-1. The molecule has 0 heterocycles. The van der Waals surface area contributed by atoms with Crippen LogP contribution in [0.4, 0.5) is 11.4 Å². The number of nitrogens with two attached hydrogens (primary N) is 1. The largest absolute Gasteiger partial charge is 1.00 e. The minimum absolute atomic E-state index is 0. The predicted molar refractivity (Wildman–Crippen MR) is 90.4 cm³/mol. The minimum atomic E-state index is 0. The average Bonchev–Trinajstić information content (AvgIpc) is 2.29. The van der Waals surface area contributed by atoms with Crippen LogP contribution in [0.15, 0.2) is 24.3 Å². The summed E-state index contributed by atoms with van der Waals surface area (Å²) in [5, 5.41) is 2.32. The van der Waals surface area contributed by atoms with Gasteiger partial charge in [-0.1, -0.05) is 0 Å². The molecule has 0 aliphatic heterocycles. The summed E-state index contributed by atoms with van der Waals surface area (Å²) in [6.45, 7) is 18.5. The number of hydrogen-bond donors (Lipinski definition) is 1. The van der Waals surface area contributed by atoms with Gasteiger partial charge in [-0.3, -0.25) is 4.48 Å². The molecule has 2 N–H and O–H groups in total. The minimum Gasteiger partial charge on any atom is -1.00 e. The lowest BCUT2D eigenvalue weighted by Crippen LogP contribution is -3.00. The number of quaternary nitrogens is 2. The van der Waals surface area contributed by atoms with Crippen LogP contribution in [0.3, 0.4) is 0 Å². The van der Waals surface area contributed by atoms with Crippen LogP contribution in [0.2, 0.25) is 0 Å². The van der Waals surface area contributed by atoms with Crippen LogP contribution in [0.5, 0.6) is 0 Å². The molecular weight excluding hydrogens is 315 g/mol. The molecule has 0 radical (unpaired) electrons. The normalized spacial score (nSPS) is 11.8. The predicted octanol–water partition coefficient (Wildman–Crippen LogP) is -2.17. The van der Waals surface area contributed by atoms with Gasteiger partial charge in [-0.25, -0.2) is 0 Å². The summed E-state index contributed by atoms with van der Waals surface area (Å²) in [7, 11) is 0. The molecule has 0 bridgehead atoms. The first-order valence-corrected chi connectivity index (χ1v) is 8.06. The number of rotatable bonds is 6. The number of hydrogen-bond acceptors (Lipinski definition) is 0. The van der Waals surface area contributed by atoms with Gasteiger partial charge >= 0.3 is 0 Å². The Balaban J connectivity index is 0. The second-order valence-electron chi connectivity index (χ2n) is 7.12. The fourth-order valence-corrected chi connectivity index (χ4v) is 3.91. The van der Waals surface area contributed by atoms with Crippen LogP contribution in [0, 0.1) is 0 Å². The van der Waals surface area contributed by atoms with E-state index in [0.29, 0.717) is 24.2 Å². The summed E-state index contributed by atoms with van der Waals surface area (Å²) in [4.78, 5) is 0. The maximum absolute atomic E-state index is 2.34. The molecule has 22 heavy (non-hydrogen) atoms. The van der Waals surface area contributed by atoms with Crippen molar-refractivity contribution in [3.05, 3.63) is 24.3 Å². The van der Waals surface area contributed by atoms with E-state index in [1.54, 1.807) is 0 Å². The van der Waals surface area contributed by atoms with Crippen molar-refractivity contribution in [2.75, 3.05) is 0 Å². The third-order valence-corrected chi connectivity index (χ3v) is 4.43. The van der Waals surface area contributed by atoms with Crippen LogP contribution in [-0.2, 0) is 0 Å². The molecule has 0 aliphatic rings. The molecule has 0 saturated heterocycles. The van der Waals surface area contributed by atoms with Crippen molar-refractivity contribution in [3.8, 4) is 0 Å². The van der Waals surface area contributed by atoms with Crippen molar-refractivity contribution >= 4 is 11.4 Å². The maximum atomic E-state index is 2.34. The number of halogens is 2. The topological polar surface area (TPSA) is 16.6 Å². The Kier molecular flexibility index (Phi) is 10.6. The fourth-order valence-electron chi connectivity index (χ4n) is 3.91. The molecule has 0 aliphatic carbocycles. The summed E-state index contributed by atoms with van der Waals surface area (Å²) < 4.78 is 1.04. The van der Waals surface area contributed by atoms with Crippen LogP contribution < -0.4 is 34.6 Å². The van der Waals surface area contributed by atoms with E-state index >= 15 is 0 Å². The average molecular weight is 349 g/mol. The smallest absolute Gasteiger partial charge is 0.133 e. The van der Waals surface area contributed by atoms with E-state index in [2.05, 4.69) is 85.0 Å². The Hall–Kier alpha value is -0.280. The molecule has 0 saturated carbocycles. The number of benzene rings is 1. The van der Waals surface area contributed by atoms with E-state index in [-0.39, 0.29) is 24.8 Å². The van der Waals surface area contributed by atoms with Gasteiger partial charge in [0.2, 0.25) is 0 Å². The Morgan fingerprint density at radius 1 is 0.682 bits per heavy atom. The van der Waals surface area contributed by atoms with Gasteiger partial charge in [0.15, 0.2) is 0 Å². The summed E-state index contributed by atoms with van der Waals surface area (Å²) in [6, 6.07) is 11.5. The molecule has 0 unspecified atom stereocenters. The Bertz CT molecular complexity index is 390. The van der Waals surface area contributed by atoms with Crippen molar-refractivity contribution in [1.82, 2.24) is 4.48 Å². The highest BCUT2D eigenvalue weighted by molar-refractivity contribution is 5.49. The molecule has 130 valence electrons. The molecule has 0 atom stereocenters. The zero-order valence-corrected chi connectivity index (χ0v) is 16.9. The maximum Gasteiger partial charge on any atom is 0.133 e. The van der Waals surface area contributed by atoms with Crippen LogP contribution in [0.25, 0.3) is 0 Å². The molecule has 0 aromatic heterocycles. The molecule has 0 fully saturated rings. The summed E-state index contributed by atoms with van der Waals surface area (Å²) in [5.74, 6) is 0. The Labute approximate surface area is 150 Å². The van der Waals surface area contributed by atoms with Gasteiger partial charge < -0.3 is 30.1 Å². The molecule has 1 rings (SSSR count). The Morgan fingerprint density at radius 2 is 1.05 bits per heavy atom. The monoisotopic (exact) mass is 348 g/mol. The first kappa shape index (κ1) is 24.0. The van der Waals surface area contributed by atoms with Crippen LogP contribution in [0.1, 0.15) is 55.4 Å². The van der Waals surface area contributed by atoms with Crippen LogP contribution >= 0.6 is 0 Å². The zero-order valence-electron chi connectivity index (χ0n) is 15.4. The fraction of sp³-hybridized carbons (Fsp3) is 0.667. The van der Waals surface area contributed by atoms with Gasteiger partial charge in [-0.15, -0.1) is 0 Å². The first-order valence-electron chi connectivity index (χ1n) is 8.06. The molecule has 1 aromatic carbocycles. The van der Waals surface area contributed by atoms with E-state index in [0.717, 1.165) is 4.48 Å². The highest BCUT2D eigenvalue weighted by atomic mass is 35.5. The molecular formula is C18H34Cl2N2. The number of nitrogens with zero attached hydrogens (tertiary/aromatic N) is 1. The third-order valence-electron chi connectivity index (χ3n) is 4.43. The van der Waals surface area contributed by atoms with Crippen LogP contribution in [-0.4, -0.2) is 24.2 Å². The van der Waals surface area contributed by atoms with E-state index in [4.69, 9.17) is 0 Å². The zero-order chi connectivity index (χ0) is 15.5. The molecule has 4 heteroatoms. The van der Waals surface area contributed by atoms with E-state index in [1.807, 2.05) is 0 Å². The lowest BCUT2D eigenvalue weighted by molar-refractivity contribution is -0.603. The molecule has 0 amide bonds. The van der Waals surface area contributed by atoms with Gasteiger partial charge in [0, 0.05) is 24.3 Å². The summed E-state index contributed by atoms with van der Waals surface area (Å²) in [5.41, 5.74) is 2.77. The lowest BCUT2D eigenvalue weighted by Gasteiger charge is -2.48. The second kappa shape index (κ2) is 9.77. The first-order chi connectivity index (χ1) is 9.22. The van der Waals surface area contributed by atoms with Crippen molar-refractivity contribution in [1.29, 1.82) is 0 Å². The molecule has 1 aromatic rings. The van der Waals surface area contributed by atoms with E-state index in [9.17, 15) is 0 Å². The van der Waals surface area contributed by atoms with Gasteiger partial charge in [-0.2, -0.15) is 0 Å². The van der Waals surface area contributed by atoms with Gasteiger partial charge in [0.05, 0.1) is 24.2 Å². The van der Waals surface area contributed by atoms with Crippen molar-refractivity contribution in [2.24, 2.45) is 0 Å². The van der Waals surface area contributed by atoms with Gasteiger partial charge in [-0.05, 0) is 55.4 Å². The van der Waals surface area contributed by atoms with Crippen molar-refractivity contribution < 1.29 is 30.1 Å². The third kappa shape index (κ3) is 4.86. The lowest BCUT2D eigenvalue weighted by atomic mass is 10.0. The highest BCUT2D eigenvalue weighted by Crippen LogP contribution is 2.33. The van der Waals surface area contributed by atoms with E-state index < -0.39 is 0 Å². The van der Waals surface area contributed by atoms with Crippen molar-refractivity contribution in [3.63, 3.8) is 0 Å². The molecule has 2 nitrogen and oxygen atoms in total. The van der Waals surface area contributed by atoms with Gasteiger partial charge in [0.25, 0.3) is 0 Å².